The molecule has 4 rings (SSSR count). The molecule has 0 atom stereocenters. The van der Waals surface area contributed by atoms with Crippen LogP contribution >= 0.6 is 11.8 Å². The van der Waals surface area contributed by atoms with Crippen LogP contribution < -0.4 is 4.90 Å². The number of carbonyl (C=O) groups excluding carboxylic acids is 1. The second-order valence-corrected chi connectivity index (χ2v) is 7.34. The van der Waals surface area contributed by atoms with Crippen molar-refractivity contribution in [3.05, 3.63) is 83.4 Å². The van der Waals surface area contributed by atoms with Gasteiger partial charge in [-0.1, -0.05) is 41.6 Å². The van der Waals surface area contributed by atoms with Gasteiger partial charge in [-0.2, -0.15) is 13.2 Å². The van der Waals surface area contributed by atoms with Crippen molar-refractivity contribution in [2.45, 2.75) is 22.9 Å². The van der Waals surface area contributed by atoms with Crippen molar-refractivity contribution in [2.75, 3.05) is 4.90 Å². The van der Waals surface area contributed by atoms with Crippen molar-refractivity contribution in [1.29, 1.82) is 0 Å². The van der Waals surface area contributed by atoms with Gasteiger partial charge in [0.05, 0.1) is 16.9 Å². The Bertz CT molecular complexity index is 1030. The highest BCUT2D eigenvalue weighted by molar-refractivity contribution is 7.99. The van der Waals surface area contributed by atoms with E-state index >= 15 is 0 Å². The van der Waals surface area contributed by atoms with Crippen LogP contribution in [0.3, 0.4) is 0 Å². The van der Waals surface area contributed by atoms with Crippen LogP contribution in [0.2, 0.25) is 0 Å². The molecule has 0 radical (unpaired) electrons. The fraction of sp³-hybridized carbons (Fsp3) is 0.0952. The van der Waals surface area contributed by atoms with E-state index in [0.717, 1.165) is 22.6 Å². The SMILES string of the molecule is Cc1ccc(C(=O)N2c3ccccc3Sc3ccc(C(F)(F)F)cc32)cc1. The predicted octanol–water partition coefficient (Wildman–Crippen LogP) is 6.46. The van der Waals surface area contributed by atoms with Gasteiger partial charge in [-0.05, 0) is 49.4 Å². The smallest absolute Gasteiger partial charge is 0.275 e. The molecule has 1 aliphatic heterocycles. The van der Waals surface area contributed by atoms with Crippen LogP contribution in [-0.4, -0.2) is 5.91 Å². The number of alkyl halides is 3. The number of rotatable bonds is 1. The fourth-order valence-corrected chi connectivity index (χ4v) is 4.01. The molecule has 0 aromatic heterocycles. The minimum Gasteiger partial charge on any atom is -0.275 e. The molecule has 0 unspecified atom stereocenters. The van der Waals surface area contributed by atoms with Crippen molar-refractivity contribution in [1.82, 2.24) is 0 Å². The van der Waals surface area contributed by atoms with Gasteiger partial charge < -0.3 is 0 Å². The summed E-state index contributed by atoms with van der Waals surface area (Å²) in [5, 5.41) is 0. The highest BCUT2D eigenvalue weighted by Crippen LogP contribution is 2.49. The molecule has 0 bridgehead atoms. The monoisotopic (exact) mass is 385 g/mol. The van der Waals surface area contributed by atoms with Gasteiger partial charge in [0.25, 0.3) is 5.91 Å². The number of fused-ring (bicyclic) bond motifs is 2. The molecule has 0 fully saturated rings. The van der Waals surface area contributed by atoms with Crippen molar-refractivity contribution < 1.29 is 18.0 Å². The first-order valence-electron chi connectivity index (χ1n) is 8.24. The highest BCUT2D eigenvalue weighted by Gasteiger charge is 2.35. The molecule has 0 N–H and O–H groups in total. The largest absolute Gasteiger partial charge is 0.416 e. The van der Waals surface area contributed by atoms with E-state index in [1.54, 1.807) is 24.3 Å². The Morgan fingerprint density at radius 2 is 1.56 bits per heavy atom. The Balaban J connectivity index is 1.89. The summed E-state index contributed by atoms with van der Waals surface area (Å²) in [5.41, 5.74) is 1.48. The van der Waals surface area contributed by atoms with Gasteiger partial charge in [-0.15, -0.1) is 0 Å². The number of anilines is 2. The minimum atomic E-state index is -4.48. The number of hydrogen-bond donors (Lipinski definition) is 0. The molecule has 1 aliphatic rings. The van der Waals surface area contributed by atoms with Crippen molar-refractivity contribution in [2.24, 2.45) is 0 Å². The predicted molar refractivity (Wildman–Crippen MR) is 99.7 cm³/mol. The molecule has 2 nitrogen and oxygen atoms in total. The average Bonchev–Trinajstić information content (AvgIpc) is 2.65. The van der Waals surface area contributed by atoms with Crippen LogP contribution in [-0.2, 0) is 6.18 Å². The zero-order chi connectivity index (χ0) is 19.2. The van der Waals surface area contributed by atoms with Gasteiger partial charge in [-0.25, -0.2) is 0 Å². The maximum atomic E-state index is 13.2. The average molecular weight is 385 g/mol. The number of benzene rings is 3. The molecule has 136 valence electrons. The molecule has 3 aromatic rings. The van der Waals surface area contributed by atoms with Gasteiger partial charge in [0, 0.05) is 15.4 Å². The van der Waals surface area contributed by atoms with Crippen LogP contribution in [0, 0.1) is 6.92 Å². The Morgan fingerprint density at radius 3 is 2.26 bits per heavy atom. The van der Waals surface area contributed by atoms with E-state index in [-0.39, 0.29) is 11.6 Å². The molecule has 1 amide bonds. The summed E-state index contributed by atoms with van der Waals surface area (Å²) in [5.74, 6) is -0.358. The Kier molecular flexibility index (Phi) is 4.23. The van der Waals surface area contributed by atoms with Crippen molar-refractivity contribution in [3.8, 4) is 0 Å². The lowest BCUT2D eigenvalue weighted by atomic mass is 10.1. The van der Waals surface area contributed by atoms with Crippen LogP contribution in [0.15, 0.2) is 76.5 Å². The normalized spacial score (nSPS) is 13.1. The number of amides is 1. The lowest BCUT2D eigenvalue weighted by molar-refractivity contribution is -0.137. The number of para-hydroxylation sites is 1. The van der Waals surface area contributed by atoms with Crippen LogP contribution in [0.5, 0.6) is 0 Å². The quantitative estimate of drug-likeness (QED) is 0.479. The van der Waals surface area contributed by atoms with E-state index in [0.29, 0.717) is 16.1 Å². The summed E-state index contributed by atoms with van der Waals surface area (Å²) in [4.78, 5) is 16.0. The zero-order valence-corrected chi connectivity index (χ0v) is 15.1. The van der Waals surface area contributed by atoms with Gasteiger partial charge in [0.1, 0.15) is 0 Å². The maximum absolute atomic E-state index is 13.2. The standard InChI is InChI=1S/C21H14F3NOS/c1-13-6-8-14(9-7-13)20(26)25-16-4-2-3-5-18(16)27-19-11-10-15(12-17(19)25)21(22,23)24/h2-12H,1H3. The number of carbonyl (C=O) groups is 1. The summed E-state index contributed by atoms with van der Waals surface area (Å²) in [7, 11) is 0. The number of aryl methyl sites for hydroxylation is 1. The lowest BCUT2D eigenvalue weighted by Crippen LogP contribution is -2.28. The maximum Gasteiger partial charge on any atom is 0.416 e. The number of halogens is 3. The molecule has 0 saturated carbocycles. The van der Waals surface area contributed by atoms with Crippen LogP contribution in [0.1, 0.15) is 21.5 Å². The number of nitrogens with zero attached hydrogens (tertiary/aromatic N) is 1. The van der Waals surface area contributed by atoms with Crippen LogP contribution in [0.25, 0.3) is 0 Å². The second-order valence-electron chi connectivity index (χ2n) is 6.26. The zero-order valence-electron chi connectivity index (χ0n) is 14.2. The summed E-state index contributed by atoms with van der Waals surface area (Å²) < 4.78 is 39.7. The second kappa shape index (κ2) is 6.46. The Morgan fingerprint density at radius 1 is 0.889 bits per heavy atom. The van der Waals surface area contributed by atoms with E-state index in [1.807, 2.05) is 31.2 Å². The molecular weight excluding hydrogens is 371 g/mol. The summed E-state index contributed by atoms with van der Waals surface area (Å²) in [6.45, 7) is 1.91. The lowest BCUT2D eigenvalue weighted by Gasteiger charge is -2.31. The first-order chi connectivity index (χ1) is 12.8. The molecular formula is C21H14F3NOS. The third-order valence-corrected chi connectivity index (χ3v) is 5.49. The molecule has 0 spiro atoms. The minimum absolute atomic E-state index is 0.249. The van der Waals surface area contributed by atoms with Gasteiger partial charge in [0.15, 0.2) is 0 Å². The third-order valence-electron chi connectivity index (χ3n) is 4.35. The third kappa shape index (κ3) is 3.21. The topological polar surface area (TPSA) is 20.3 Å². The molecule has 6 heteroatoms. The van der Waals surface area contributed by atoms with E-state index in [1.165, 1.54) is 22.7 Å². The van der Waals surface area contributed by atoms with Crippen molar-refractivity contribution in [3.63, 3.8) is 0 Å². The van der Waals surface area contributed by atoms with Crippen molar-refractivity contribution >= 4 is 29.0 Å². The van der Waals surface area contributed by atoms with Gasteiger partial charge in [0.2, 0.25) is 0 Å². The molecule has 0 aliphatic carbocycles. The first kappa shape index (κ1) is 17.7. The molecule has 1 heterocycles. The van der Waals surface area contributed by atoms with Gasteiger partial charge >= 0.3 is 6.18 Å². The van der Waals surface area contributed by atoms with E-state index < -0.39 is 11.7 Å². The molecule has 27 heavy (non-hydrogen) atoms. The fourth-order valence-electron chi connectivity index (χ4n) is 2.98. The summed E-state index contributed by atoms with van der Waals surface area (Å²) in [6.07, 6.45) is -4.48. The first-order valence-corrected chi connectivity index (χ1v) is 9.05. The molecule has 3 aromatic carbocycles. The Hall–Kier alpha value is -2.73. The summed E-state index contributed by atoms with van der Waals surface area (Å²) in [6, 6.07) is 17.7. The van der Waals surface area contributed by atoms with E-state index in [2.05, 4.69) is 0 Å². The number of hydrogen-bond acceptors (Lipinski definition) is 2. The van der Waals surface area contributed by atoms with E-state index in [9.17, 15) is 18.0 Å². The summed E-state index contributed by atoms with van der Waals surface area (Å²) >= 11 is 1.36. The van der Waals surface area contributed by atoms with E-state index in [4.69, 9.17) is 0 Å². The molecule has 0 saturated heterocycles. The van der Waals surface area contributed by atoms with Gasteiger partial charge in [-0.3, -0.25) is 9.69 Å². The highest BCUT2D eigenvalue weighted by atomic mass is 32.2. The van der Waals surface area contributed by atoms with Crippen LogP contribution in [0.4, 0.5) is 24.5 Å². The Labute approximate surface area is 158 Å².